The molecule has 1 N–H and O–H groups in total. The number of benzene rings is 2. The van der Waals surface area contributed by atoms with Gasteiger partial charge in [-0.05, 0) is 52.2 Å². The third-order valence-corrected chi connectivity index (χ3v) is 3.94. The Hall–Kier alpha value is -3.48. The van der Waals surface area contributed by atoms with E-state index in [2.05, 4.69) is 50.2 Å². The number of fused-ring (bicyclic) bond motifs is 1. The summed E-state index contributed by atoms with van der Waals surface area (Å²) in [4.78, 5) is 0. The molecule has 2 aromatic carbocycles. The fourth-order valence-corrected chi connectivity index (χ4v) is 2.61. The fraction of sp³-hybridized carbons (Fsp3) is 0.158. The first-order chi connectivity index (χ1) is 12.9. The van der Waals surface area contributed by atoms with Gasteiger partial charge in [0.15, 0.2) is 5.65 Å². The molecule has 2 heterocycles. The standard InChI is InChI=1S/C19H18N6O/c1-2-5-16(6-3-1)14-26-17-8-4-7-15(13-17)11-12-20-18-9-10-19-21-23-24-25(19)22-18/h1-10,13H,11-12,14H2,(H,20,22). The second kappa shape index (κ2) is 7.60. The molecule has 0 fully saturated rings. The van der Waals surface area contributed by atoms with E-state index >= 15 is 0 Å². The number of hydrogen-bond acceptors (Lipinski definition) is 6. The Morgan fingerprint density at radius 2 is 1.81 bits per heavy atom. The maximum atomic E-state index is 5.88. The lowest BCUT2D eigenvalue weighted by Gasteiger charge is -2.09. The molecule has 4 aromatic rings. The number of hydrogen-bond donors (Lipinski definition) is 1. The highest BCUT2D eigenvalue weighted by molar-refractivity contribution is 5.42. The summed E-state index contributed by atoms with van der Waals surface area (Å²) >= 11 is 0. The van der Waals surface area contributed by atoms with Crippen LogP contribution in [0.15, 0.2) is 66.7 Å². The van der Waals surface area contributed by atoms with Crippen molar-refractivity contribution in [2.75, 3.05) is 11.9 Å². The summed E-state index contributed by atoms with van der Waals surface area (Å²) in [5.41, 5.74) is 2.98. The van der Waals surface area contributed by atoms with Crippen molar-refractivity contribution < 1.29 is 4.74 Å². The van der Waals surface area contributed by atoms with E-state index in [-0.39, 0.29) is 0 Å². The number of nitrogens with zero attached hydrogens (tertiary/aromatic N) is 5. The van der Waals surface area contributed by atoms with Crippen LogP contribution in [0.4, 0.5) is 5.82 Å². The highest BCUT2D eigenvalue weighted by atomic mass is 16.5. The van der Waals surface area contributed by atoms with Gasteiger partial charge in [-0.3, -0.25) is 0 Å². The number of aromatic nitrogens is 5. The minimum Gasteiger partial charge on any atom is -0.489 e. The Morgan fingerprint density at radius 1 is 0.923 bits per heavy atom. The van der Waals surface area contributed by atoms with Gasteiger partial charge in [-0.2, -0.15) is 0 Å². The van der Waals surface area contributed by atoms with Crippen molar-refractivity contribution in [1.82, 2.24) is 25.3 Å². The monoisotopic (exact) mass is 346 g/mol. The molecule has 0 saturated carbocycles. The van der Waals surface area contributed by atoms with Gasteiger partial charge in [0.1, 0.15) is 18.2 Å². The van der Waals surface area contributed by atoms with E-state index < -0.39 is 0 Å². The molecule has 0 unspecified atom stereocenters. The average Bonchev–Trinajstić information content (AvgIpc) is 3.15. The topological polar surface area (TPSA) is 77.2 Å². The van der Waals surface area contributed by atoms with Crippen LogP contribution in [-0.4, -0.2) is 31.8 Å². The summed E-state index contributed by atoms with van der Waals surface area (Å²) < 4.78 is 7.28. The van der Waals surface area contributed by atoms with Crippen LogP contribution in [0, 0.1) is 0 Å². The van der Waals surface area contributed by atoms with Crippen molar-refractivity contribution in [2.24, 2.45) is 0 Å². The summed E-state index contributed by atoms with van der Waals surface area (Å²) in [7, 11) is 0. The lowest BCUT2D eigenvalue weighted by Crippen LogP contribution is -2.08. The van der Waals surface area contributed by atoms with Gasteiger partial charge in [-0.25, -0.2) is 0 Å². The van der Waals surface area contributed by atoms with Gasteiger partial charge >= 0.3 is 0 Å². The van der Waals surface area contributed by atoms with E-state index in [1.54, 1.807) is 0 Å². The van der Waals surface area contributed by atoms with E-state index in [0.29, 0.717) is 12.3 Å². The minimum atomic E-state index is 0.568. The van der Waals surface area contributed by atoms with Crippen molar-refractivity contribution in [2.45, 2.75) is 13.0 Å². The van der Waals surface area contributed by atoms with Crippen LogP contribution in [0.1, 0.15) is 11.1 Å². The number of ether oxygens (including phenoxy) is 1. The highest BCUT2D eigenvalue weighted by Crippen LogP contribution is 2.16. The average molecular weight is 346 g/mol. The first-order valence-corrected chi connectivity index (χ1v) is 8.42. The molecule has 2 aromatic heterocycles. The first-order valence-electron chi connectivity index (χ1n) is 8.42. The quantitative estimate of drug-likeness (QED) is 0.554. The van der Waals surface area contributed by atoms with E-state index in [4.69, 9.17) is 4.74 Å². The molecule has 0 radical (unpaired) electrons. The second-order valence-electron chi connectivity index (χ2n) is 5.84. The van der Waals surface area contributed by atoms with Gasteiger partial charge in [0, 0.05) is 6.54 Å². The summed E-state index contributed by atoms with van der Waals surface area (Å²) in [5.74, 6) is 1.61. The molecule has 0 atom stereocenters. The maximum absolute atomic E-state index is 5.88. The van der Waals surface area contributed by atoms with Gasteiger partial charge in [0.05, 0.1) is 0 Å². The molecule has 0 aliphatic rings. The van der Waals surface area contributed by atoms with Crippen LogP contribution in [0.5, 0.6) is 5.75 Å². The second-order valence-corrected chi connectivity index (χ2v) is 5.84. The molecule has 0 spiro atoms. The van der Waals surface area contributed by atoms with Crippen LogP contribution in [-0.2, 0) is 13.0 Å². The van der Waals surface area contributed by atoms with Crippen LogP contribution < -0.4 is 10.1 Å². The molecule has 0 amide bonds. The van der Waals surface area contributed by atoms with Crippen molar-refractivity contribution in [3.05, 3.63) is 77.9 Å². The molecule has 7 heteroatoms. The largest absolute Gasteiger partial charge is 0.489 e. The van der Waals surface area contributed by atoms with Crippen molar-refractivity contribution in [3.63, 3.8) is 0 Å². The molecule has 0 aliphatic heterocycles. The van der Waals surface area contributed by atoms with Crippen molar-refractivity contribution >= 4 is 11.5 Å². The molecule has 130 valence electrons. The van der Waals surface area contributed by atoms with Crippen LogP contribution in [0.25, 0.3) is 5.65 Å². The first kappa shape index (κ1) is 16.0. The van der Waals surface area contributed by atoms with Gasteiger partial charge in [-0.15, -0.1) is 14.8 Å². The van der Waals surface area contributed by atoms with Gasteiger partial charge < -0.3 is 10.1 Å². The lowest BCUT2D eigenvalue weighted by atomic mass is 10.1. The summed E-state index contributed by atoms with van der Waals surface area (Å²) in [5, 5.41) is 18.8. The smallest absolute Gasteiger partial charge is 0.200 e. The molecule has 4 rings (SSSR count). The van der Waals surface area contributed by atoms with Crippen LogP contribution >= 0.6 is 0 Å². The Labute approximate surface area is 150 Å². The fourth-order valence-electron chi connectivity index (χ4n) is 2.61. The predicted molar refractivity (Wildman–Crippen MR) is 98.0 cm³/mol. The minimum absolute atomic E-state index is 0.568. The van der Waals surface area contributed by atoms with E-state index in [1.165, 1.54) is 10.2 Å². The zero-order valence-corrected chi connectivity index (χ0v) is 14.1. The molecular weight excluding hydrogens is 328 g/mol. The third kappa shape index (κ3) is 3.94. The zero-order chi connectivity index (χ0) is 17.6. The Morgan fingerprint density at radius 3 is 2.73 bits per heavy atom. The molecule has 7 nitrogen and oxygen atoms in total. The highest BCUT2D eigenvalue weighted by Gasteiger charge is 2.02. The Kier molecular flexibility index (Phi) is 4.68. The number of tetrazole rings is 1. The molecule has 0 aliphatic carbocycles. The Bertz CT molecular complexity index is 985. The van der Waals surface area contributed by atoms with Gasteiger partial charge in [-0.1, -0.05) is 42.5 Å². The maximum Gasteiger partial charge on any atom is 0.200 e. The van der Waals surface area contributed by atoms with E-state index in [9.17, 15) is 0 Å². The molecule has 26 heavy (non-hydrogen) atoms. The predicted octanol–water partition coefficient (Wildman–Crippen LogP) is 2.75. The van der Waals surface area contributed by atoms with E-state index in [0.717, 1.165) is 30.1 Å². The summed E-state index contributed by atoms with van der Waals surface area (Å²) in [6.07, 6.45) is 0.859. The SMILES string of the molecule is c1ccc(COc2cccc(CCNc3ccc4nnnn4n3)c2)cc1. The molecule has 0 bridgehead atoms. The number of rotatable bonds is 7. The Balaban J connectivity index is 1.31. The summed E-state index contributed by atoms with van der Waals surface area (Å²) in [6, 6.07) is 22.0. The van der Waals surface area contributed by atoms with Crippen molar-refractivity contribution in [1.29, 1.82) is 0 Å². The van der Waals surface area contributed by atoms with Crippen molar-refractivity contribution in [3.8, 4) is 5.75 Å². The van der Waals surface area contributed by atoms with Gasteiger partial charge in [0.25, 0.3) is 0 Å². The van der Waals surface area contributed by atoms with Crippen LogP contribution in [0.2, 0.25) is 0 Å². The number of nitrogens with one attached hydrogen (secondary N) is 1. The normalized spacial score (nSPS) is 10.8. The lowest BCUT2D eigenvalue weighted by molar-refractivity contribution is 0.306. The third-order valence-electron chi connectivity index (χ3n) is 3.94. The van der Waals surface area contributed by atoms with Crippen LogP contribution in [0.3, 0.4) is 0 Å². The number of anilines is 1. The molecular formula is C19H18N6O. The molecule has 0 saturated heterocycles. The van der Waals surface area contributed by atoms with Gasteiger partial charge in [0.2, 0.25) is 0 Å². The van der Waals surface area contributed by atoms with E-state index in [1.807, 2.05) is 42.5 Å². The summed E-state index contributed by atoms with van der Waals surface area (Å²) in [6.45, 7) is 1.32. The zero-order valence-electron chi connectivity index (χ0n) is 14.1.